The Morgan fingerprint density at radius 2 is 1.02 bits per heavy atom. The Kier molecular flexibility index (Phi) is 6.23. The number of hydrogen-bond acceptors (Lipinski definition) is 2. The molecule has 0 unspecified atom stereocenters. The quantitative estimate of drug-likeness (QED) is 0.197. The maximum Gasteiger partial charge on any atom is 0.235 e. The lowest BCUT2D eigenvalue weighted by Crippen LogP contribution is -2.05. The van der Waals surface area contributed by atoms with Crippen LogP contribution in [0.5, 0.6) is 0 Å². The van der Waals surface area contributed by atoms with E-state index in [4.69, 9.17) is 9.97 Å². The first kappa shape index (κ1) is 27.4. The van der Waals surface area contributed by atoms with Crippen molar-refractivity contribution in [2.45, 2.75) is 38.0 Å². The summed E-state index contributed by atoms with van der Waals surface area (Å²) in [5.74, 6) is 1.37. The maximum absolute atomic E-state index is 5.36. The molecule has 3 aromatic heterocycles. The van der Waals surface area contributed by atoms with Gasteiger partial charge in [-0.1, -0.05) is 116 Å². The summed E-state index contributed by atoms with van der Waals surface area (Å²) in [4.78, 5) is 10.6. The second-order valence-corrected chi connectivity index (χ2v) is 13.3. The summed E-state index contributed by atoms with van der Waals surface area (Å²) < 4.78 is 4.63. The SMILES string of the molecule is c1ccc2c(-c3ccc(C4CCCCC4)cc3)nc(-n3c4ccccc4c4cc(-n5c6ccccc6c6ccccc65)ccc43)nc2c1. The normalized spacial score (nSPS) is 14.2. The van der Waals surface area contributed by atoms with Crippen LogP contribution in [-0.2, 0) is 0 Å². The summed E-state index contributed by atoms with van der Waals surface area (Å²) >= 11 is 0. The second-order valence-electron chi connectivity index (χ2n) is 13.3. The van der Waals surface area contributed by atoms with Gasteiger partial charge in [0, 0.05) is 38.2 Å². The lowest BCUT2D eigenvalue weighted by Gasteiger charge is -2.22. The van der Waals surface area contributed by atoms with E-state index in [-0.39, 0.29) is 0 Å². The zero-order valence-corrected chi connectivity index (χ0v) is 26.7. The van der Waals surface area contributed by atoms with Crippen LogP contribution in [0.2, 0.25) is 0 Å². The molecule has 6 aromatic carbocycles. The number of hydrogen-bond donors (Lipinski definition) is 0. The molecule has 0 spiro atoms. The molecule has 0 saturated heterocycles. The van der Waals surface area contributed by atoms with E-state index >= 15 is 0 Å². The second kappa shape index (κ2) is 10.9. The van der Waals surface area contributed by atoms with Gasteiger partial charge in [0.05, 0.1) is 33.3 Å². The Balaban J connectivity index is 1.17. The van der Waals surface area contributed by atoms with Crippen molar-refractivity contribution in [3.8, 4) is 22.9 Å². The predicted molar refractivity (Wildman–Crippen MR) is 199 cm³/mol. The molecule has 48 heavy (non-hydrogen) atoms. The molecule has 0 atom stereocenters. The molecular formula is C44H34N4. The first-order valence-corrected chi connectivity index (χ1v) is 17.2. The van der Waals surface area contributed by atoms with E-state index < -0.39 is 0 Å². The van der Waals surface area contributed by atoms with Gasteiger partial charge in [-0.25, -0.2) is 9.97 Å². The topological polar surface area (TPSA) is 35.6 Å². The predicted octanol–water partition coefficient (Wildman–Crippen LogP) is 11.5. The molecule has 1 aliphatic rings. The highest BCUT2D eigenvalue weighted by molar-refractivity contribution is 6.12. The fourth-order valence-electron chi connectivity index (χ4n) is 8.25. The molecule has 0 aliphatic heterocycles. The van der Waals surface area contributed by atoms with Gasteiger partial charge in [-0.3, -0.25) is 4.57 Å². The highest BCUT2D eigenvalue weighted by atomic mass is 15.2. The molecule has 1 aliphatic carbocycles. The molecule has 3 heterocycles. The van der Waals surface area contributed by atoms with E-state index in [0.717, 1.165) is 38.9 Å². The van der Waals surface area contributed by atoms with Crippen LogP contribution < -0.4 is 0 Å². The molecule has 9 aromatic rings. The van der Waals surface area contributed by atoms with Crippen LogP contribution in [0.4, 0.5) is 0 Å². The molecule has 230 valence electrons. The summed E-state index contributed by atoms with van der Waals surface area (Å²) in [7, 11) is 0. The summed E-state index contributed by atoms with van der Waals surface area (Å²) in [6.45, 7) is 0. The van der Waals surface area contributed by atoms with Crippen molar-refractivity contribution in [1.29, 1.82) is 0 Å². The Morgan fingerprint density at radius 1 is 0.458 bits per heavy atom. The molecule has 0 radical (unpaired) electrons. The number of aromatic nitrogens is 4. The van der Waals surface area contributed by atoms with Crippen LogP contribution >= 0.6 is 0 Å². The maximum atomic E-state index is 5.36. The first-order valence-electron chi connectivity index (χ1n) is 17.2. The average molecular weight is 619 g/mol. The van der Waals surface area contributed by atoms with Gasteiger partial charge in [-0.05, 0) is 66.8 Å². The van der Waals surface area contributed by atoms with Gasteiger partial charge in [0.25, 0.3) is 0 Å². The number of para-hydroxylation sites is 4. The van der Waals surface area contributed by atoms with Crippen LogP contribution in [0.25, 0.3) is 77.4 Å². The number of fused-ring (bicyclic) bond motifs is 7. The fourth-order valence-corrected chi connectivity index (χ4v) is 8.25. The van der Waals surface area contributed by atoms with Crippen molar-refractivity contribution < 1.29 is 0 Å². The third-order valence-corrected chi connectivity index (χ3v) is 10.5. The summed E-state index contributed by atoms with van der Waals surface area (Å²) in [5.41, 5.74) is 10.2. The summed E-state index contributed by atoms with van der Waals surface area (Å²) in [5, 5.41) is 5.96. The van der Waals surface area contributed by atoms with Crippen LogP contribution in [0.1, 0.15) is 43.6 Å². The third-order valence-electron chi connectivity index (χ3n) is 10.5. The van der Waals surface area contributed by atoms with Gasteiger partial charge in [0.2, 0.25) is 5.95 Å². The van der Waals surface area contributed by atoms with Gasteiger partial charge >= 0.3 is 0 Å². The third kappa shape index (κ3) is 4.22. The van der Waals surface area contributed by atoms with E-state index in [1.54, 1.807) is 0 Å². The first-order chi connectivity index (χ1) is 23.8. The molecule has 1 fully saturated rings. The minimum Gasteiger partial charge on any atom is -0.309 e. The van der Waals surface area contributed by atoms with Crippen LogP contribution in [0, 0.1) is 0 Å². The van der Waals surface area contributed by atoms with Crippen molar-refractivity contribution in [3.05, 3.63) is 145 Å². The van der Waals surface area contributed by atoms with E-state index in [0.29, 0.717) is 11.9 Å². The highest BCUT2D eigenvalue weighted by Gasteiger charge is 2.20. The van der Waals surface area contributed by atoms with Gasteiger partial charge in [0.15, 0.2) is 0 Å². The van der Waals surface area contributed by atoms with Gasteiger partial charge < -0.3 is 4.57 Å². The number of nitrogens with zero attached hydrogens (tertiary/aromatic N) is 4. The standard InChI is InChI=1S/C44H34N4/c1-2-12-29(13-3-1)30-22-24-31(25-23-30)43-36-17-4-8-18-38(36)45-44(46-43)48-41-21-11-7-16-35(41)37-28-32(26-27-42(37)48)47-39-19-9-5-14-33(39)34-15-6-10-20-40(34)47/h4-11,14-29H,1-3,12-13H2. The van der Waals surface area contributed by atoms with Crippen molar-refractivity contribution in [1.82, 2.24) is 19.1 Å². The summed E-state index contributed by atoms with van der Waals surface area (Å²) in [6.07, 6.45) is 6.64. The molecule has 4 nitrogen and oxygen atoms in total. The average Bonchev–Trinajstić information content (AvgIpc) is 3.67. The highest BCUT2D eigenvalue weighted by Crippen LogP contribution is 2.38. The largest absolute Gasteiger partial charge is 0.309 e. The Hall–Kier alpha value is -5.74. The van der Waals surface area contributed by atoms with E-state index in [9.17, 15) is 0 Å². The number of rotatable bonds is 4. The molecule has 0 amide bonds. The van der Waals surface area contributed by atoms with Crippen molar-refractivity contribution in [3.63, 3.8) is 0 Å². The summed E-state index contributed by atoms with van der Waals surface area (Å²) in [6, 6.07) is 50.4. The van der Waals surface area contributed by atoms with Crippen molar-refractivity contribution >= 4 is 54.5 Å². The molecule has 1 saturated carbocycles. The van der Waals surface area contributed by atoms with E-state index in [2.05, 4.69) is 149 Å². The lowest BCUT2D eigenvalue weighted by molar-refractivity contribution is 0.443. The van der Waals surface area contributed by atoms with Gasteiger partial charge in [0.1, 0.15) is 0 Å². The van der Waals surface area contributed by atoms with Crippen LogP contribution in [-0.4, -0.2) is 19.1 Å². The Morgan fingerprint density at radius 3 is 1.71 bits per heavy atom. The smallest absolute Gasteiger partial charge is 0.235 e. The Bertz CT molecular complexity index is 2600. The van der Waals surface area contributed by atoms with Crippen LogP contribution in [0.3, 0.4) is 0 Å². The minimum absolute atomic E-state index is 0.676. The van der Waals surface area contributed by atoms with Gasteiger partial charge in [-0.2, -0.15) is 0 Å². The molecular weight excluding hydrogens is 585 g/mol. The fraction of sp³-hybridized carbons (Fsp3) is 0.136. The monoisotopic (exact) mass is 618 g/mol. The zero-order valence-electron chi connectivity index (χ0n) is 26.7. The van der Waals surface area contributed by atoms with Crippen molar-refractivity contribution in [2.75, 3.05) is 0 Å². The van der Waals surface area contributed by atoms with Crippen molar-refractivity contribution in [2.24, 2.45) is 0 Å². The van der Waals surface area contributed by atoms with E-state index in [1.165, 1.54) is 70.2 Å². The molecule has 4 heteroatoms. The van der Waals surface area contributed by atoms with Gasteiger partial charge in [-0.15, -0.1) is 0 Å². The molecule has 10 rings (SSSR count). The Labute approximate surface area is 278 Å². The minimum atomic E-state index is 0.676. The molecule has 0 bridgehead atoms. The number of benzene rings is 6. The lowest BCUT2D eigenvalue weighted by atomic mass is 9.84. The molecule has 0 N–H and O–H groups in total. The zero-order chi connectivity index (χ0) is 31.6. The van der Waals surface area contributed by atoms with Crippen LogP contribution in [0.15, 0.2) is 140 Å². The van der Waals surface area contributed by atoms with E-state index in [1.807, 2.05) is 0 Å².